The third-order valence-electron chi connectivity index (χ3n) is 4.16. The van der Waals surface area contributed by atoms with Gasteiger partial charge in [-0.2, -0.15) is 0 Å². The minimum absolute atomic E-state index is 0.197. The van der Waals surface area contributed by atoms with Crippen molar-refractivity contribution >= 4 is 41.2 Å². The number of amides is 1. The maximum atomic E-state index is 12.4. The Kier molecular flexibility index (Phi) is 7.17. The fraction of sp³-hybridized carbons (Fsp3) is 0.286. The number of benzene rings is 2. The van der Waals surface area contributed by atoms with E-state index in [9.17, 15) is 4.79 Å². The number of rotatable bonds is 7. The van der Waals surface area contributed by atoms with Crippen molar-refractivity contribution in [2.24, 2.45) is 0 Å². The lowest BCUT2D eigenvalue weighted by molar-refractivity contribution is -0.111. The van der Waals surface area contributed by atoms with Crippen LogP contribution in [0, 0.1) is 0 Å². The molecule has 0 unspecified atom stereocenters. The molecule has 1 aliphatic rings. The first kappa shape index (κ1) is 20.5. The summed E-state index contributed by atoms with van der Waals surface area (Å²) in [6.07, 6.45) is 3.21. The molecule has 1 N–H and O–H groups in total. The van der Waals surface area contributed by atoms with Crippen LogP contribution in [-0.4, -0.2) is 38.7 Å². The van der Waals surface area contributed by atoms with E-state index in [-0.39, 0.29) is 5.91 Å². The highest BCUT2D eigenvalue weighted by Gasteiger charge is 2.18. The molecule has 28 heavy (non-hydrogen) atoms. The van der Waals surface area contributed by atoms with Crippen LogP contribution in [0.1, 0.15) is 15.7 Å². The van der Waals surface area contributed by atoms with Crippen molar-refractivity contribution in [1.29, 1.82) is 0 Å². The van der Waals surface area contributed by atoms with Crippen LogP contribution >= 0.6 is 23.5 Å². The number of hydrogen-bond donors (Lipinski definition) is 1. The Hall–Kier alpha value is -2.25. The number of ether oxygens (including phenoxy) is 3. The van der Waals surface area contributed by atoms with Gasteiger partial charge in [-0.15, -0.1) is 23.5 Å². The summed E-state index contributed by atoms with van der Waals surface area (Å²) >= 11 is 3.89. The van der Waals surface area contributed by atoms with Gasteiger partial charge in [0.05, 0.1) is 25.9 Å². The molecule has 1 heterocycles. The summed E-state index contributed by atoms with van der Waals surface area (Å²) in [5.41, 5.74) is 2.81. The predicted molar refractivity (Wildman–Crippen MR) is 118 cm³/mol. The Morgan fingerprint density at radius 1 is 1.04 bits per heavy atom. The van der Waals surface area contributed by atoms with Crippen molar-refractivity contribution in [3.63, 3.8) is 0 Å². The summed E-state index contributed by atoms with van der Waals surface area (Å²) < 4.78 is 16.4. The average molecular weight is 418 g/mol. The highest BCUT2D eigenvalue weighted by Crippen LogP contribution is 2.45. The predicted octanol–water partition coefficient (Wildman–Crippen LogP) is 4.84. The molecule has 2 aromatic rings. The molecule has 0 bridgehead atoms. The van der Waals surface area contributed by atoms with E-state index in [2.05, 4.69) is 11.4 Å². The number of nitrogens with one attached hydrogen (secondary N) is 1. The zero-order chi connectivity index (χ0) is 19.9. The molecule has 2 aromatic carbocycles. The molecule has 0 spiro atoms. The van der Waals surface area contributed by atoms with Crippen LogP contribution < -0.4 is 19.5 Å². The van der Waals surface area contributed by atoms with Crippen molar-refractivity contribution in [1.82, 2.24) is 0 Å². The first-order chi connectivity index (χ1) is 13.6. The Morgan fingerprint density at radius 2 is 1.71 bits per heavy atom. The number of thioether (sulfide) groups is 2. The molecule has 0 radical (unpaired) electrons. The van der Waals surface area contributed by atoms with E-state index in [1.54, 1.807) is 39.5 Å². The molecule has 0 aromatic heterocycles. The molecule has 1 amide bonds. The third-order valence-corrected chi connectivity index (χ3v) is 7.27. The van der Waals surface area contributed by atoms with E-state index in [0.717, 1.165) is 11.3 Å². The van der Waals surface area contributed by atoms with Gasteiger partial charge in [-0.3, -0.25) is 4.79 Å². The number of carbonyl (C=O) groups is 1. The maximum Gasteiger partial charge on any atom is 0.248 e. The molecule has 5 nitrogen and oxygen atoms in total. The highest BCUT2D eigenvalue weighted by molar-refractivity contribution is 8.19. The second kappa shape index (κ2) is 9.80. The molecule has 1 fully saturated rings. The zero-order valence-corrected chi connectivity index (χ0v) is 17.7. The van der Waals surface area contributed by atoms with Crippen molar-refractivity contribution in [3.8, 4) is 17.2 Å². The van der Waals surface area contributed by atoms with Crippen LogP contribution in [0.5, 0.6) is 17.2 Å². The van der Waals surface area contributed by atoms with E-state index in [4.69, 9.17) is 14.2 Å². The number of hydrogen-bond acceptors (Lipinski definition) is 6. The maximum absolute atomic E-state index is 12.4. The number of methoxy groups -OCH3 is 3. The monoisotopic (exact) mass is 417 g/mol. The van der Waals surface area contributed by atoms with Gasteiger partial charge in [-0.25, -0.2) is 0 Å². The van der Waals surface area contributed by atoms with Crippen LogP contribution in [0.15, 0.2) is 42.5 Å². The number of carbonyl (C=O) groups excluding carboxylic acids is 1. The molecule has 148 valence electrons. The summed E-state index contributed by atoms with van der Waals surface area (Å²) in [6, 6.07) is 11.6. The molecule has 1 aliphatic heterocycles. The molecule has 0 atom stereocenters. The Balaban J connectivity index is 1.71. The van der Waals surface area contributed by atoms with Crippen LogP contribution in [0.4, 0.5) is 5.69 Å². The SMILES string of the molecule is COc1cc(/C=C/C(=O)Nc2cccc(C3SCCS3)c2)cc(OC)c1OC. The Bertz CT molecular complexity index is 838. The minimum Gasteiger partial charge on any atom is -0.493 e. The first-order valence-electron chi connectivity index (χ1n) is 8.77. The van der Waals surface area contributed by atoms with Gasteiger partial charge in [0.1, 0.15) is 0 Å². The molecular formula is C21H23NO4S2. The van der Waals surface area contributed by atoms with Gasteiger partial charge in [0, 0.05) is 23.3 Å². The Morgan fingerprint density at radius 3 is 2.32 bits per heavy atom. The lowest BCUT2D eigenvalue weighted by Gasteiger charge is -2.13. The highest BCUT2D eigenvalue weighted by atomic mass is 32.2. The van der Waals surface area contributed by atoms with Gasteiger partial charge in [0.25, 0.3) is 0 Å². The van der Waals surface area contributed by atoms with E-state index in [0.29, 0.717) is 21.8 Å². The smallest absolute Gasteiger partial charge is 0.248 e. The molecule has 1 saturated heterocycles. The van der Waals surface area contributed by atoms with Crippen molar-refractivity contribution < 1.29 is 19.0 Å². The summed E-state index contributed by atoms with van der Waals surface area (Å²) in [5.74, 6) is 3.75. The lowest BCUT2D eigenvalue weighted by Crippen LogP contribution is -2.08. The summed E-state index contributed by atoms with van der Waals surface area (Å²) in [6.45, 7) is 0. The van der Waals surface area contributed by atoms with E-state index >= 15 is 0 Å². The molecule has 7 heteroatoms. The first-order valence-corrected chi connectivity index (χ1v) is 10.9. The van der Waals surface area contributed by atoms with Crippen molar-refractivity contribution in [2.45, 2.75) is 4.58 Å². The molecule has 0 aliphatic carbocycles. The summed E-state index contributed by atoms with van der Waals surface area (Å²) in [4.78, 5) is 12.4. The van der Waals surface area contributed by atoms with Crippen LogP contribution in [-0.2, 0) is 4.79 Å². The van der Waals surface area contributed by atoms with Crippen LogP contribution in [0.25, 0.3) is 6.08 Å². The van der Waals surface area contributed by atoms with Crippen molar-refractivity contribution in [3.05, 3.63) is 53.6 Å². The van der Waals surface area contributed by atoms with Gasteiger partial charge in [0.2, 0.25) is 11.7 Å². The quantitative estimate of drug-likeness (QED) is 0.651. The zero-order valence-electron chi connectivity index (χ0n) is 16.1. The largest absolute Gasteiger partial charge is 0.493 e. The normalized spacial score (nSPS) is 14.2. The standard InChI is InChI=1S/C21H23NO4S2/c1-24-17-11-14(12-18(25-2)20(17)26-3)7-8-19(23)22-16-6-4-5-15(13-16)21-27-9-10-28-21/h4-8,11-13,21H,9-10H2,1-3H3,(H,22,23)/b8-7+. The van der Waals surface area contributed by atoms with Gasteiger partial charge in [0.15, 0.2) is 11.5 Å². The molecule has 3 rings (SSSR count). The topological polar surface area (TPSA) is 56.8 Å². The third kappa shape index (κ3) is 4.97. The van der Waals surface area contributed by atoms with Gasteiger partial charge in [-0.05, 0) is 41.5 Å². The van der Waals surface area contributed by atoms with Gasteiger partial charge in [-0.1, -0.05) is 12.1 Å². The number of anilines is 1. The fourth-order valence-electron chi connectivity index (χ4n) is 2.87. The van der Waals surface area contributed by atoms with Gasteiger partial charge < -0.3 is 19.5 Å². The summed E-state index contributed by atoms with van der Waals surface area (Å²) in [5, 5.41) is 2.92. The lowest BCUT2D eigenvalue weighted by atomic mass is 10.1. The average Bonchev–Trinajstić information content (AvgIpc) is 3.26. The van der Waals surface area contributed by atoms with E-state index in [1.807, 2.05) is 41.7 Å². The second-order valence-electron chi connectivity index (χ2n) is 5.98. The van der Waals surface area contributed by atoms with E-state index in [1.165, 1.54) is 23.1 Å². The fourth-order valence-corrected chi connectivity index (χ4v) is 5.71. The molecular weight excluding hydrogens is 394 g/mol. The van der Waals surface area contributed by atoms with Crippen molar-refractivity contribution in [2.75, 3.05) is 38.2 Å². The minimum atomic E-state index is -0.197. The van der Waals surface area contributed by atoms with Crippen LogP contribution in [0.3, 0.4) is 0 Å². The van der Waals surface area contributed by atoms with Gasteiger partial charge >= 0.3 is 0 Å². The molecule has 0 saturated carbocycles. The van der Waals surface area contributed by atoms with E-state index < -0.39 is 0 Å². The van der Waals surface area contributed by atoms with Crippen LogP contribution in [0.2, 0.25) is 0 Å². The second-order valence-corrected chi connectivity index (χ2v) is 8.70. The summed E-state index contributed by atoms with van der Waals surface area (Å²) in [7, 11) is 4.68. The Labute approximate surface area is 173 Å².